The van der Waals surface area contributed by atoms with Crippen molar-refractivity contribution in [2.75, 3.05) is 26.4 Å². The Balaban J connectivity index is 3.85. The number of rotatable bonds is 24. The highest BCUT2D eigenvalue weighted by Crippen LogP contribution is 2.10. The number of unbranched alkanes of at least 4 members (excludes halogenated alkanes) is 4. The Kier molecular flexibility index (Phi) is 24.8. The van der Waals surface area contributed by atoms with E-state index in [1.165, 1.54) is 37.8 Å². The molecule has 0 aromatic rings. The first-order valence-corrected chi connectivity index (χ1v) is 16.7. The van der Waals surface area contributed by atoms with Gasteiger partial charge in [0.25, 0.3) is 0 Å². The first-order valence-electron chi connectivity index (χ1n) is 12.7. The van der Waals surface area contributed by atoms with Crippen LogP contribution < -0.4 is 0 Å². The SMILES string of the molecule is CCCCOC(CC[SiH2]C[SiH2]CCC(OCCCC)OCCCC)OCCCC. The van der Waals surface area contributed by atoms with Crippen LogP contribution in [0.25, 0.3) is 0 Å². The summed E-state index contributed by atoms with van der Waals surface area (Å²) in [6, 6.07) is 2.72. The number of ether oxygens (including phenoxy) is 4. The van der Waals surface area contributed by atoms with Crippen LogP contribution in [0.3, 0.4) is 0 Å². The van der Waals surface area contributed by atoms with Crippen molar-refractivity contribution in [3.8, 4) is 0 Å². The lowest BCUT2D eigenvalue weighted by Crippen LogP contribution is -2.20. The number of hydrogen-bond donors (Lipinski definition) is 0. The van der Waals surface area contributed by atoms with E-state index in [0.29, 0.717) is 0 Å². The quantitative estimate of drug-likeness (QED) is 0.115. The molecule has 0 saturated carbocycles. The van der Waals surface area contributed by atoms with Gasteiger partial charge in [-0.05, 0) is 38.5 Å². The molecule has 0 heterocycles. The van der Waals surface area contributed by atoms with Crippen LogP contribution in [0.5, 0.6) is 0 Å². The van der Waals surface area contributed by atoms with E-state index < -0.39 is 0 Å². The Morgan fingerprint density at radius 1 is 0.517 bits per heavy atom. The highest BCUT2D eigenvalue weighted by atomic mass is 28.3. The fraction of sp³-hybridized carbons (Fsp3) is 1.00. The van der Waals surface area contributed by atoms with Crippen LogP contribution in [0.4, 0.5) is 0 Å². The molecule has 0 aromatic carbocycles. The average molecular weight is 449 g/mol. The van der Waals surface area contributed by atoms with E-state index in [1.807, 2.05) is 0 Å². The second kappa shape index (κ2) is 24.5. The maximum absolute atomic E-state index is 5.96. The fourth-order valence-electron chi connectivity index (χ4n) is 3.02. The van der Waals surface area contributed by atoms with Crippen molar-refractivity contribution in [3.63, 3.8) is 0 Å². The van der Waals surface area contributed by atoms with E-state index in [0.717, 1.165) is 65.0 Å². The summed E-state index contributed by atoms with van der Waals surface area (Å²) in [6.07, 6.45) is 11.6. The Morgan fingerprint density at radius 2 is 0.828 bits per heavy atom. The van der Waals surface area contributed by atoms with Crippen LogP contribution in [0.2, 0.25) is 17.8 Å². The third-order valence-electron chi connectivity index (χ3n) is 5.09. The molecular weight excluding hydrogens is 396 g/mol. The summed E-state index contributed by atoms with van der Waals surface area (Å²) in [5.41, 5.74) is 1.55. The average Bonchev–Trinajstić information content (AvgIpc) is 2.72. The summed E-state index contributed by atoms with van der Waals surface area (Å²) in [6.45, 7) is 12.2. The van der Waals surface area contributed by atoms with Gasteiger partial charge in [0.2, 0.25) is 0 Å². The Hall–Kier alpha value is 0.274. The van der Waals surface area contributed by atoms with E-state index in [2.05, 4.69) is 27.7 Å². The normalized spacial score (nSPS) is 12.6. The largest absolute Gasteiger partial charge is 0.353 e. The molecule has 0 rings (SSSR count). The molecule has 0 amide bonds. The van der Waals surface area contributed by atoms with Gasteiger partial charge < -0.3 is 18.9 Å². The van der Waals surface area contributed by atoms with Gasteiger partial charge in [-0.3, -0.25) is 0 Å². The molecule has 0 bridgehead atoms. The zero-order valence-corrected chi connectivity index (χ0v) is 23.1. The molecule has 0 aromatic heterocycles. The lowest BCUT2D eigenvalue weighted by atomic mass is 10.3. The molecule has 0 aliphatic rings. The Morgan fingerprint density at radius 3 is 1.10 bits per heavy atom. The predicted molar refractivity (Wildman–Crippen MR) is 132 cm³/mol. The molecule has 4 nitrogen and oxygen atoms in total. The molecular formula is C23H52O4Si2. The molecule has 0 unspecified atom stereocenters. The minimum absolute atomic E-state index is 0.0468. The van der Waals surface area contributed by atoms with Gasteiger partial charge in [0.05, 0.1) is 0 Å². The Bertz CT molecular complexity index is 261. The second-order valence-corrected chi connectivity index (χ2v) is 13.8. The van der Waals surface area contributed by atoms with Crippen LogP contribution in [0.1, 0.15) is 91.9 Å². The number of hydrogen-bond acceptors (Lipinski definition) is 4. The summed E-state index contributed by atoms with van der Waals surface area (Å²) in [4.78, 5) is 0. The van der Waals surface area contributed by atoms with Crippen molar-refractivity contribution in [2.24, 2.45) is 0 Å². The molecule has 0 radical (unpaired) electrons. The topological polar surface area (TPSA) is 36.9 Å². The lowest BCUT2D eigenvalue weighted by molar-refractivity contribution is -0.144. The van der Waals surface area contributed by atoms with Crippen LogP contribution in [0, 0.1) is 0 Å². The van der Waals surface area contributed by atoms with Gasteiger partial charge in [0.15, 0.2) is 12.6 Å². The summed E-state index contributed by atoms with van der Waals surface area (Å²) < 4.78 is 23.8. The molecule has 0 aliphatic heterocycles. The van der Waals surface area contributed by atoms with E-state index in [4.69, 9.17) is 18.9 Å². The van der Waals surface area contributed by atoms with E-state index in [-0.39, 0.29) is 31.6 Å². The van der Waals surface area contributed by atoms with Crippen molar-refractivity contribution >= 4 is 19.0 Å². The molecule has 0 aliphatic carbocycles. The first kappa shape index (κ1) is 29.3. The molecule has 6 heteroatoms. The van der Waals surface area contributed by atoms with Crippen LogP contribution in [0.15, 0.2) is 0 Å². The van der Waals surface area contributed by atoms with Gasteiger partial charge in [0, 0.05) is 45.5 Å². The van der Waals surface area contributed by atoms with Gasteiger partial charge in [-0.1, -0.05) is 71.1 Å². The highest BCUT2D eigenvalue weighted by Gasteiger charge is 2.11. The highest BCUT2D eigenvalue weighted by molar-refractivity contribution is 6.55. The molecule has 0 atom stereocenters. The predicted octanol–water partition coefficient (Wildman–Crippen LogP) is 5.24. The van der Waals surface area contributed by atoms with E-state index in [9.17, 15) is 0 Å². The fourth-order valence-corrected chi connectivity index (χ4v) is 8.51. The minimum Gasteiger partial charge on any atom is -0.353 e. The molecule has 0 saturated heterocycles. The summed E-state index contributed by atoms with van der Waals surface area (Å²) in [5.74, 6) is 0. The monoisotopic (exact) mass is 448 g/mol. The Labute approximate surface area is 186 Å². The molecule has 0 fully saturated rings. The lowest BCUT2D eigenvalue weighted by Gasteiger charge is -2.19. The van der Waals surface area contributed by atoms with Gasteiger partial charge in [-0.15, -0.1) is 0 Å². The van der Waals surface area contributed by atoms with Gasteiger partial charge in [-0.2, -0.15) is 0 Å². The molecule has 176 valence electrons. The minimum atomic E-state index is 0.0468. The van der Waals surface area contributed by atoms with Crippen molar-refractivity contribution in [3.05, 3.63) is 0 Å². The van der Waals surface area contributed by atoms with E-state index in [1.54, 1.807) is 5.67 Å². The van der Waals surface area contributed by atoms with Gasteiger partial charge >= 0.3 is 0 Å². The van der Waals surface area contributed by atoms with Crippen molar-refractivity contribution in [2.45, 2.75) is 122 Å². The molecule has 0 spiro atoms. The van der Waals surface area contributed by atoms with Crippen LogP contribution >= 0.6 is 0 Å². The standard InChI is InChI=1S/C23H52O4Si2/c1-5-9-15-24-22(25-16-10-6-2)13-19-28-21-29-20-14-23(26-17-11-7-3)27-18-12-8-4/h22-23H,5-21,28-29H2,1-4H3. The smallest absolute Gasteiger partial charge is 0.157 e. The third-order valence-corrected chi connectivity index (χ3v) is 10.9. The second-order valence-electron chi connectivity index (χ2n) is 8.10. The van der Waals surface area contributed by atoms with Crippen LogP contribution in [-0.4, -0.2) is 58.0 Å². The molecule has 29 heavy (non-hydrogen) atoms. The summed E-state index contributed by atoms with van der Waals surface area (Å²) in [7, 11) is 0.0951. The summed E-state index contributed by atoms with van der Waals surface area (Å²) in [5, 5.41) is 0. The van der Waals surface area contributed by atoms with Gasteiger partial charge in [0.1, 0.15) is 0 Å². The summed E-state index contributed by atoms with van der Waals surface area (Å²) >= 11 is 0. The van der Waals surface area contributed by atoms with Crippen molar-refractivity contribution in [1.29, 1.82) is 0 Å². The van der Waals surface area contributed by atoms with Gasteiger partial charge in [-0.25, -0.2) is 0 Å². The maximum atomic E-state index is 5.96. The first-order chi connectivity index (χ1) is 14.3. The van der Waals surface area contributed by atoms with Crippen molar-refractivity contribution < 1.29 is 18.9 Å². The zero-order valence-electron chi connectivity index (χ0n) is 20.2. The third kappa shape index (κ3) is 21.3. The maximum Gasteiger partial charge on any atom is 0.157 e. The van der Waals surface area contributed by atoms with E-state index >= 15 is 0 Å². The zero-order chi connectivity index (χ0) is 21.4. The molecule has 0 N–H and O–H groups in total. The van der Waals surface area contributed by atoms with Crippen LogP contribution in [-0.2, 0) is 18.9 Å². The van der Waals surface area contributed by atoms with Crippen molar-refractivity contribution in [1.82, 2.24) is 0 Å².